The van der Waals surface area contributed by atoms with Gasteiger partial charge in [0.25, 0.3) is 0 Å². The molecule has 1 aromatic carbocycles. The lowest BCUT2D eigenvalue weighted by molar-refractivity contribution is -0.149. The van der Waals surface area contributed by atoms with E-state index in [2.05, 4.69) is 5.16 Å². The van der Waals surface area contributed by atoms with E-state index in [4.69, 9.17) is 4.52 Å². The van der Waals surface area contributed by atoms with Crippen molar-refractivity contribution in [1.29, 1.82) is 0 Å². The smallest absolute Gasteiger partial charge is 0.311 e. The lowest BCUT2D eigenvalue weighted by atomic mass is 9.81. The number of hydrogen-bond acceptors (Lipinski definition) is 5. The monoisotopic (exact) mass is 362 g/mol. The van der Waals surface area contributed by atoms with Crippen LogP contribution >= 0.6 is 0 Å². The maximum Gasteiger partial charge on any atom is 0.311 e. The maximum atomic E-state index is 13.2. The molecule has 8 heteroatoms. The molecular weight excluding hydrogens is 344 g/mol. The van der Waals surface area contributed by atoms with Crippen LogP contribution in [0, 0.1) is 11.3 Å². The first-order chi connectivity index (χ1) is 11.9. The highest BCUT2D eigenvalue weighted by Gasteiger charge is 2.57. The molecule has 1 saturated carbocycles. The number of sulfonamides is 1. The van der Waals surface area contributed by atoms with E-state index in [-0.39, 0.29) is 23.9 Å². The Hall–Kier alpha value is -2.19. The fraction of sp³-hybridized carbons (Fsp3) is 0.412. The Bertz CT molecular complexity index is 909. The molecule has 2 fully saturated rings. The van der Waals surface area contributed by atoms with Crippen LogP contribution in [0.1, 0.15) is 19.3 Å². The first kappa shape index (κ1) is 16.3. The van der Waals surface area contributed by atoms with E-state index in [1.807, 2.05) is 0 Å². The van der Waals surface area contributed by atoms with E-state index in [0.29, 0.717) is 17.7 Å². The highest BCUT2D eigenvalue weighted by molar-refractivity contribution is 7.89. The van der Waals surface area contributed by atoms with Crippen molar-refractivity contribution >= 4 is 16.0 Å². The minimum Gasteiger partial charge on any atom is -0.481 e. The standard InChI is InChI=1S/C17H18N2O5S/c20-16(21)17-8-3-4-12(17)10-19(11-17)25(22,23)15-6-2-1-5-13(15)14-7-9-18-24-14/h1-2,5-7,9,12H,3-4,8,10-11H2,(H,20,21)/t12-,17+/m0/s1. The fourth-order valence-corrected chi connectivity index (χ4v) is 5.92. The van der Waals surface area contributed by atoms with Crippen LogP contribution in [0.4, 0.5) is 0 Å². The number of fused-ring (bicyclic) bond motifs is 1. The third-order valence-corrected chi connectivity index (χ3v) is 7.34. The number of hydrogen-bond donors (Lipinski definition) is 1. The number of aliphatic carboxylic acids is 1. The van der Waals surface area contributed by atoms with Gasteiger partial charge >= 0.3 is 5.97 Å². The van der Waals surface area contributed by atoms with Crippen LogP contribution < -0.4 is 0 Å². The SMILES string of the molecule is O=C(O)[C@@]12CCC[C@H]1CN(S(=O)(=O)c1ccccc1-c1ccno1)C2. The number of carbonyl (C=O) groups is 1. The summed E-state index contributed by atoms with van der Waals surface area (Å²) in [5.74, 6) is -0.653. The van der Waals surface area contributed by atoms with Gasteiger partial charge in [0, 0.05) is 24.7 Å². The van der Waals surface area contributed by atoms with Gasteiger partial charge in [-0.2, -0.15) is 4.31 Å². The zero-order valence-electron chi connectivity index (χ0n) is 13.5. The summed E-state index contributed by atoms with van der Waals surface area (Å²) in [5.41, 5.74) is -0.518. The summed E-state index contributed by atoms with van der Waals surface area (Å²) in [6.45, 7) is 0.277. The highest BCUT2D eigenvalue weighted by Crippen LogP contribution is 2.50. The van der Waals surface area contributed by atoms with Crippen molar-refractivity contribution in [3.8, 4) is 11.3 Å². The highest BCUT2D eigenvalue weighted by atomic mass is 32.2. The van der Waals surface area contributed by atoms with Crippen LogP contribution in [0.3, 0.4) is 0 Å². The molecule has 1 aliphatic heterocycles. The topological polar surface area (TPSA) is 101 Å². The van der Waals surface area contributed by atoms with E-state index in [1.165, 1.54) is 16.6 Å². The van der Waals surface area contributed by atoms with Crippen LogP contribution in [0.15, 0.2) is 45.9 Å². The van der Waals surface area contributed by atoms with Crippen molar-refractivity contribution in [3.63, 3.8) is 0 Å². The number of carboxylic acid groups (broad SMARTS) is 1. The molecule has 2 atom stereocenters. The maximum absolute atomic E-state index is 13.2. The lowest BCUT2D eigenvalue weighted by Crippen LogP contribution is -2.37. The van der Waals surface area contributed by atoms with Crippen molar-refractivity contribution in [2.45, 2.75) is 24.2 Å². The first-order valence-corrected chi connectivity index (χ1v) is 9.63. The van der Waals surface area contributed by atoms with Crippen molar-refractivity contribution in [2.75, 3.05) is 13.1 Å². The van der Waals surface area contributed by atoms with Gasteiger partial charge in [0.15, 0.2) is 5.76 Å². The number of nitrogens with zero attached hydrogens (tertiary/aromatic N) is 2. The second-order valence-corrected chi connectivity index (χ2v) is 8.63. The molecule has 4 rings (SSSR count). The first-order valence-electron chi connectivity index (χ1n) is 8.19. The van der Waals surface area contributed by atoms with Crippen LogP contribution in [-0.4, -0.2) is 42.0 Å². The van der Waals surface area contributed by atoms with Crippen molar-refractivity contribution < 1.29 is 22.8 Å². The summed E-state index contributed by atoms with van der Waals surface area (Å²) in [7, 11) is -3.83. The molecule has 1 aromatic heterocycles. The Morgan fingerprint density at radius 2 is 2.12 bits per heavy atom. The molecule has 1 aliphatic carbocycles. The predicted octanol–water partition coefficient (Wildman–Crippen LogP) is 2.22. The molecule has 0 bridgehead atoms. The summed E-state index contributed by atoms with van der Waals surface area (Å²) in [6, 6.07) is 8.17. The minimum absolute atomic E-state index is 0.0278. The number of rotatable bonds is 4. The van der Waals surface area contributed by atoms with E-state index >= 15 is 0 Å². The zero-order chi connectivity index (χ0) is 17.7. The van der Waals surface area contributed by atoms with E-state index < -0.39 is 21.4 Å². The van der Waals surface area contributed by atoms with Crippen LogP contribution in [0.25, 0.3) is 11.3 Å². The summed E-state index contributed by atoms with van der Waals surface area (Å²) >= 11 is 0. The van der Waals surface area contributed by atoms with Gasteiger partial charge in [0.2, 0.25) is 10.0 Å². The van der Waals surface area contributed by atoms with Crippen LogP contribution in [0.2, 0.25) is 0 Å². The molecule has 2 heterocycles. The Morgan fingerprint density at radius 1 is 1.32 bits per heavy atom. The number of aromatic nitrogens is 1. The van der Waals surface area contributed by atoms with Gasteiger partial charge in [-0.3, -0.25) is 4.79 Å². The van der Waals surface area contributed by atoms with Gasteiger partial charge < -0.3 is 9.63 Å². The summed E-state index contributed by atoms with van der Waals surface area (Å²) in [4.78, 5) is 11.9. The van der Waals surface area contributed by atoms with Crippen LogP contribution in [0.5, 0.6) is 0 Å². The molecule has 1 saturated heterocycles. The van der Waals surface area contributed by atoms with Gasteiger partial charge in [0.05, 0.1) is 16.5 Å². The summed E-state index contributed by atoms with van der Waals surface area (Å²) in [6.07, 6.45) is 3.57. The van der Waals surface area contributed by atoms with Gasteiger partial charge in [-0.15, -0.1) is 0 Å². The molecule has 7 nitrogen and oxygen atoms in total. The lowest BCUT2D eigenvalue weighted by Gasteiger charge is -2.23. The van der Waals surface area contributed by atoms with Gasteiger partial charge in [-0.05, 0) is 30.9 Å². The average molecular weight is 362 g/mol. The van der Waals surface area contributed by atoms with E-state index in [0.717, 1.165) is 12.8 Å². The van der Waals surface area contributed by atoms with Crippen molar-refractivity contribution in [3.05, 3.63) is 36.5 Å². The number of carboxylic acids is 1. The molecule has 0 unspecified atom stereocenters. The molecule has 0 amide bonds. The summed E-state index contributed by atoms with van der Waals surface area (Å²) < 4.78 is 32.9. The molecule has 0 radical (unpaired) electrons. The van der Waals surface area contributed by atoms with Gasteiger partial charge in [0.1, 0.15) is 0 Å². The van der Waals surface area contributed by atoms with Crippen LogP contribution in [-0.2, 0) is 14.8 Å². The molecule has 25 heavy (non-hydrogen) atoms. The van der Waals surface area contributed by atoms with Crippen molar-refractivity contribution in [1.82, 2.24) is 9.46 Å². The summed E-state index contributed by atoms with van der Waals surface area (Å²) in [5, 5.41) is 13.3. The minimum atomic E-state index is -3.83. The van der Waals surface area contributed by atoms with E-state index in [9.17, 15) is 18.3 Å². The van der Waals surface area contributed by atoms with Crippen molar-refractivity contribution in [2.24, 2.45) is 11.3 Å². The van der Waals surface area contributed by atoms with Gasteiger partial charge in [-0.25, -0.2) is 8.42 Å². The predicted molar refractivity (Wildman–Crippen MR) is 88.1 cm³/mol. The third-order valence-electron chi connectivity index (χ3n) is 5.47. The molecule has 132 valence electrons. The Labute approximate surface area is 145 Å². The largest absolute Gasteiger partial charge is 0.481 e. The molecule has 1 N–H and O–H groups in total. The molecular formula is C17H18N2O5S. The second-order valence-electron chi connectivity index (χ2n) is 6.72. The Morgan fingerprint density at radius 3 is 2.80 bits per heavy atom. The zero-order valence-corrected chi connectivity index (χ0v) is 14.3. The van der Waals surface area contributed by atoms with E-state index in [1.54, 1.807) is 24.3 Å². The molecule has 0 spiro atoms. The Kier molecular flexibility index (Phi) is 3.69. The third kappa shape index (κ3) is 2.39. The average Bonchev–Trinajstić information content (AvgIpc) is 3.30. The number of benzene rings is 1. The fourth-order valence-electron chi connectivity index (χ4n) is 4.16. The normalized spacial score (nSPS) is 26.6. The molecule has 2 aromatic rings. The second kappa shape index (κ2) is 5.67. The Balaban J connectivity index is 1.74. The van der Waals surface area contributed by atoms with Gasteiger partial charge in [-0.1, -0.05) is 23.7 Å². The quantitative estimate of drug-likeness (QED) is 0.895. The molecule has 2 aliphatic rings.